The number of nitrogens with zero attached hydrogens (tertiary/aromatic N) is 1. The second kappa shape index (κ2) is 4.41. The molecule has 2 aliphatic rings. The van der Waals surface area contributed by atoms with Gasteiger partial charge in [0, 0.05) is 19.0 Å². The molecule has 0 bridgehead atoms. The SMILES string of the molecule is NC(=O)C1CCCN1C(=O)CC(N)C1CC1. The van der Waals surface area contributed by atoms with Crippen LogP contribution < -0.4 is 11.5 Å². The summed E-state index contributed by atoms with van der Waals surface area (Å²) >= 11 is 0. The highest BCUT2D eigenvalue weighted by atomic mass is 16.2. The van der Waals surface area contributed by atoms with E-state index in [4.69, 9.17) is 11.5 Å². The number of carbonyl (C=O) groups excluding carboxylic acids is 2. The molecule has 16 heavy (non-hydrogen) atoms. The second-order valence-corrected chi connectivity index (χ2v) is 4.85. The zero-order valence-corrected chi connectivity index (χ0v) is 9.39. The van der Waals surface area contributed by atoms with Crippen LogP contribution in [0.25, 0.3) is 0 Å². The molecule has 1 heterocycles. The van der Waals surface area contributed by atoms with Crippen LogP contribution in [0.15, 0.2) is 0 Å². The Bertz CT molecular complexity index is 302. The van der Waals surface area contributed by atoms with Gasteiger partial charge < -0.3 is 16.4 Å². The summed E-state index contributed by atoms with van der Waals surface area (Å²) in [6, 6.07) is -0.444. The molecule has 2 atom stereocenters. The Morgan fingerprint density at radius 2 is 2.00 bits per heavy atom. The van der Waals surface area contributed by atoms with Crippen LogP contribution in [-0.2, 0) is 9.59 Å². The molecule has 0 spiro atoms. The molecule has 0 aromatic heterocycles. The van der Waals surface area contributed by atoms with Crippen molar-refractivity contribution in [1.29, 1.82) is 0 Å². The van der Waals surface area contributed by atoms with E-state index in [1.807, 2.05) is 0 Å². The maximum absolute atomic E-state index is 11.9. The first-order valence-electron chi connectivity index (χ1n) is 5.94. The Labute approximate surface area is 95.1 Å². The van der Waals surface area contributed by atoms with Crippen LogP contribution in [-0.4, -0.2) is 35.3 Å². The molecule has 2 unspecified atom stereocenters. The van der Waals surface area contributed by atoms with E-state index in [-0.39, 0.29) is 11.9 Å². The summed E-state index contributed by atoms with van der Waals surface area (Å²) in [5.41, 5.74) is 11.2. The highest BCUT2D eigenvalue weighted by molar-refractivity contribution is 5.87. The molecule has 5 nitrogen and oxygen atoms in total. The molecule has 1 aliphatic carbocycles. The topological polar surface area (TPSA) is 89.4 Å². The van der Waals surface area contributed by atoms with Gasteiger partial charge in [0.05, 0.1) is 0 Å². The van der Waals surface area contributed by atoms with Crippen LogP contribution in [0.1, 0.15) is 32.1 Å². The number of likely N-dealkylation sites (tertiary alicyclic amines) is 1. The van der Waals surface area contributed by atoms with Gasteiger partial charge >= 0.3 is 0 Å². The summed E-state index contributed by atoms with van der Waals surface area (Å²) in [4.78, 5) is 24.7. The third-order valence-electron chi connectivity index (χ3n) is 3.54. The van der Waals surface area contributed by atoms with Gasteiger partial charge in [-0.2, -0.15) is 0 Å². The average Bonchev–Trinajstić information content (AvgIpc) is 2.94. The molecular weight excluding hydrogens is 206 g/mol. The molecule has 2 rings (SSSR count). The Morgan fingerprint density at radius 1 is 1.31 bits per heavy atom. The lowest BCUT2D eigenvalue weighted by Crippen LogP contribution is -2.45. The van der Waals surface area contributed by atoms with E-state index in [0.29, 0.717) is 25.3 Å². The molecule has 5 heteroatoms. The number of hydrogen-bond acceptors (Lipinski definition) is 3. The Hall–Kier alpha value is -1.10. The predicted molar refractivity (Wildman–Crippen MR) is 59.2 cm³/mol. The van der Waals surface area contributed by atoms with Crippen molar-refractivity contribution < 1.29 is 9.59 Å². The number of carbonyl (C=O) groups is 2. The van der Waals surface area contributed by atoms with Crippen molar-refractivity contribution in [3.63, 3.8) is 0 Å². The highest BCUT2D eigenvalue weighted by Crippen LogP contribution is 2.33. The molecule has 0 aromatic rings. The summed E-state index contributed by atoms with van der Waals surface area (Å²) in [6.07, 6.45) is 4.17. The van der Waals surface area contributed by atoms with Gasteiger partial charge in [-0.15, -0.1) is 0 Å². The van der Waals surface area contributed by atoms with E-state index in [0.717, 1.165) is 19.3 Å². The molecule has 2 fully saturated rings. The van der Waals surface area contributed by atoms with Gasteiger partial charge in [0.25, 0.3) is 0 Å². The molecule has 0 aromatic carbocycles. The number of hydrogen-bond donors (Lipinski definition) is 2. The molecule has 4 N–H and O–H groups in total. The maximum Gasteiger partial charge on any atom is 0.240 e. The normalized spacial score (nSPS) is 26.8. The Balaban J connectivity index is 1.90. The number of primary amides is 1. The quantitative estimate of drug-likeness (QED) is 0.681. The van der Waals surface area contributed by atoms with E-state index in [1.165, 1.54) is 0 Å². The van der Waals surface area contributed by atoms with Crippen LogP contribution >= 0.6 is 0 Å². The van der Waals surface area contributed by atoms with E-state index < -0.39 is 11.9 Å². The lowest BCUT2D eigenvalue weighted by molar-refractivity contribution is -0.137. The van der Waals surface area contributed by atoms with E-state index in [2.05, 4.69) is 0 Å². The van der Waals surface area contributed by atoms with Gasteiger partial charge in [-0.25, -0.2) is 0 Å². The fourth-order valence-corrected chi connectivity index (χ4v) is 2.37. The minimum absolute atomic E-state index is 0.0132. The average molecular weight is 225 g/mol. The summed E-state index contributed by atoms with van der Waals surface area (Å²) in [5, 5.41) is 0. The third kappa shape index (κ3) is 2.35. The Kier molecular flexibility index (Phi) is 3.14. The summed E-state index contributed by atoms with van der Waals surface area (Å²) in [6.45, 7) is 0.643. The molecule has 1 saturated carbocycles. The zero-order chi connectivity index (χ0) is 11.7. The van der Waals surface area contributed by atoms with Crippen molar-refractivity contribution >= 4 is 11.8 Å². The first kappa shape index (κ1) is 11.4. The summed E-state index contributed by atoms with van der Waals surface area (Å²) in [5.74, 6) is 0.102. The second-order valence-electron chi connectivity index (χ2n) is 4.85. The summed E-state index contributed by atoms with van der Waals surface area (Å²) < 4.78 is 0. The number of amides is 2. The standard InChI is InChI=1S/C11H19N3O2/c12-8(7-3-4-7)6-10(15)14-5-1-2-9(14)11(13)16/h7-9H,1-6,12H2,(H2,13,16). The van der Waals surface area contributed by atoms with Crippen molar-refractivity contribution in [2.75, 3.05) is 6.54 Å². The van der Waals surface area contributed by atoms with Gasteiger partial charge in [0.2, 0.25) is 11.8 Å². The molecule has 90 valence electrons. The van der Waals surface area contributed by atoms with Crippen LogP contribution in [0.5, 0.6) is 0 Å². The van der Waals surface area contributed by atoms with Crippen LogP contribution in [0.3, 0.4) is 0 Å². The first-order valence-corrected chi connectivity index (χ1v) is 5.94. The van der Waals surface area contributed by atoms with Crippen molar-refractivity contribution in [1.82, 2.24) is 4.90 Å². The number of rotatable bonds is 4. The van der Waals surface area contributed by atoms with Crippen molar-refractivity contribution in [3.8, 4) is 0 Å². The van der Waals surface area contributed by atoms with Gasteiger partial charge in [0.1, 0.15) is 6.04 Å². The number of nitrogens with two attached hydrogens (primary N) is 2. The Morgan fingerprint density at radius 3 is 2.56 bits per heavy atom. The van der Waals surface area contributed by atoms with E-state index in [9.17, 15) is 9.59 Å². The van der Waals surface area contributed by atoms with Gasteiger partial charge in [-0.3, -0.25) is 9.59 Å². The minimum Gasteiger partial charge on any atom is -0.368 e. The largest absolute Gasteiger partial charge is 0.368 e. The fraction of sp³-hybridized carbons (Fsp3) is 0.818. The van der Waals surface area contributed by atoms with Crippen LogP contribution in [0.4, 0.5) is 0 Å². The first-order chi connectivity index (χ1) is 7.59. The van der Waals surface area contributed by atoms with E-state index >= 15 is 0 Å². The van der Waals surface area contributed by atoms with Gasteiger partial charge in [-0.05, 0) is 31.6 Å². The zero-order valence-electron chi connectivity index (χ0n) is 9.39. The lowest BCUT2D eigenvalue weighted by Gasteiger charge is -2.23. The minimum atomic E-state index is -0.404. The lowest BCUT2D eigenvalue weighted by atomic mass is 10.1. The monoisotopic (exact) mass is 225 g/mol. The smallest absolute Gasteiger partial charge is 0.240 e. The predicted octanol–water partition coefficient (Wildman–Crippen LogP) is -0.410. The molecule has 1 aliphatic heterocycles. The van der Waals surface area contributed by atoms with Crippen molar-refractivity contribution in [2.45, 2.75) is 44.2 Å². The van der Waals surface area contributed by atoms with Gasteiger partial charge in [0.15, 0.2) is 0 Å². The molecule has 0 radical (unpaired) electrons. The highest BCUT2D eigenvalue weighted by Gasteiger charge is 2.36. The van der Waals surface area contributed by atoms with Gasteiger partial charge in [-0.1, -0.05) is 0 Å². The van der Waals surface area contributed by atoms with Crippen molar-refractivity contribution in [3.05, 3.63) is 0 Å². The van der Waals surface area contributed by atoms with Crippen LogP contribution in [0.2, 0.25) is 0 Å². The van der Waals surface area contributed by atoms with Crippen molar-refractivity contribution in [2.24, 2.45) is 17.4 Å². The van der Waals surface area contributed by atoms with E-state index in [1.54, 1.807) is 4.90 Å². The third-order valence-corrected chi connectivity index (χ3v) is 3.54. The fourth-order valence-electron chi connectivity index (χ4n) is 2.37. The summed E-state index contributed by atoms with van der Waals surface area (Å²) in [7, 11) is 0. The van der Waals surface area contributed by atoms with Crippen LogP contribution in [0, 0.1) is 5.92 Å². The molecule has 2 amide bonds. The molecule has 1 saturated heterocycles. The molecular formula is C11H19N3O2. The maximum atomic E-state index is 11.9.